The van der Waals surface area contributed by atoms with Gasteiger partial charge in [0.15, 0.2) is 6.29 Å². The Labute approximate surface area is 103 Å². The predicted molar refractivity (Wildman–Crippen MR) is 68.1 cm³/mol. The number of hydrogen-bond donors (Lipinski definition) is 3. The quantitative estimate of drug-likeness (QED) is 0.452. The van der Waals surface area contributed by atoms with Crippen LogP contribution in [0.25, 0.3) is 0 Å². The average molecular weight is 242 g/mol. The first-order valence-electron chi connectivity index (χ1n) is 6.30. The predicted octanol–water partition coefficient (Wildman–Crippen LogP) is 0.229. The lowest BCUT2D eigenvalue weighted by Gasteiger charge is -2.11. The second-order valence-corrected chi connectivity index (χ2v) is 4.14. The molecule has 0 aliphatic rings. The van der Waals surface area contributed by atoms with Gasteiger partial charge in [-0.25, -0.2) is 0 Å². The first-order valence-corrected chi connectivity index (χ1v) is 6.30. The van der Waals surface area contributed by atoms with E-state index in [-0.39, 0.29) is 5.91 Å². The van der Waals surface area contributed by atoms with E-state index in [1.165, 1.54) is 0 Å². The fourth-order valence-electron chi connectivity index (χ4n) is 1.48. The molecule has 0 bridgehead atoms. The van der Waals surface area contributed by atoms with Gasteiger partial charge in [-0.3, -0.25) is 9.59 Å². The zero-order valence-corrected chi connectivity index (χ0v) is 10.4. The van der Waals surface area contributed by atoms with Gasteiger partial charge in [0.05, 0.1) is 6.04 Å². The summed E-state index contributed by atoms with van der Waals surface area (Å²) < 4.78 is 0. The van der Waals surface area contributed by atoms with Crippen molar-refractivity contribution in [1.29, 1.82) is 0 Å². The number of unbranched alkanes of at least 4 members (excludes halogenated alkanes) is 4. The molecular formula is C12H24N3O2. The Morgan fingerprint density at radius 1 is 1.18 bits per heavy atom. The highest BCUT2D eigenvalue weighted by atomic mass is 16.2. The molecule has 5 heteroatoms. The topological polar surface area (TPSA) is 98.2 Å². The molecule has 0 spiro atoms. The van der Waals surface area contributed by atoms with Crippen LogP contribution in [0, 0.1) is 0 Å². The summed E-state index contributed by atoms with van der Waals surface area (Å²) in [5, 5.41) is 2.79. The molecule has 1 atom stereocenters. The highest BCUT2D eigenvalue weighted by molar-refractivity contribution is 5.81. The Morgan fingerprint density at radius 2 is 1.94 bits per heavy atom. The van der Waals surface area contributed by atoms with Crippen molar-refractivity contribution in [3.8, 4) is 0 Å². The Morgan fingerprint density at radius 3 is 2.59 bits per heavy atom. The standard InChI is InChI=1S/C12H24N3O2/c13-8-4-3-7-11(14)12(17)15-9-5-1-2-6-10-16/h11H,1-9,13-14H2,(H,15,17)/t11-/m0/s1. The second kappa shape index (κ2) is 11.5. The fraction of sp³-hybridized carbons (Fsp3) is 0.833. The molecule has 17 heavy (non-hydrogen) atoms. The molecule has 0 aliphatic carbocycles. The summed E-state index contributed by atoms with van der Waals surface area (Å²) in [7, 11) is 0. The molecule has 0 aliphatic heterocycles. The van der Waals surface area contributed by atoms with E-state index in [0.717, 1.165) is 32.1 Å². The highest BCUT2D eigenvalue weighted by Gasteiger charge is 2.11. The van der Waals surface area contributed by atoms with Crippen molar-refractivity contribution < 1.29 is 9.59 Å². The smallest absolute Gasteiger partial charge is 0.236 e. The van der Waals surface area contributed by atoms with E-state index in [4.69, 9.17) is 11.5 Å². The summed E-state index contributed by atoms with van der Waals surface area (Å²) in [6.45, 7) is 1.27. The second-order valence-electron chi connectivity index (χ2n) is 4.14. The largest absolute Gasteiger partial charge is 0.355 e. The van der Waals surface area contributed by atoms with Gasteiger partial charge in [0.2, 0.25) is 5.91 Å². The maximum atomic E-state index is 11.5. The molecule has 0 fully saturated rings. The third-order valence-electron chi connectivity index (χ3n) is 2.56. The number of carbonyl (C=O) groups excluding carboxylic acids is 2. The third-order valence-corrected chi connectivity index (χ3v) is 2.56. The van der Waals surface area contributed by atoms with Gasteiger partial charge in [0, 0.05) is 13.0 Å². The first kappa shape index (κ1) is 16.1. The van der Waals surface area contributed by atoms with E-state index >= 15 is 0 Å². The van der Waals surface area contributed by atoms with Crippen LogP contribution in [-0.4, -0.2) is 31.3 Å². The number of hydrogen-bond acceptors (Lipinski definition) is 4. The van der Waals surface area contributed by atoms with E-state index in [9.17, 15) is 9.59 Å². The molecule has 0 aromatic heterocycles. The molecule has 0 heterocycles. The van der Waals surface area contributed by atoms with Crippen molar-refractivity contribution in [2.24, 2.45) is 11.5 Å². The molecule has 0 rings (SSSR count). The van der Waals surface area contributed by atoms with E-state index in [1.54, 1.807) is 0 Å². The van der Waals surface area contributed by atoms with Gasteiger partial charge in [0.1, 0.15) is 0 Å². The van der Waals surface area contributed by atoms with Crippen LogP contribution in [0.1, 0.15) is 44.9 Å². The van der Waals surface area contributed by atoms with Crippen molar-refractivity contribution in [2.75, 3.05) is 13.1 Å². The van der Waals surface area contributed by atoms with Crippen LogP contribution in [0.4, 0.5) is 0 Å². The monoisotopic (exact) mass is 242 g/mol. The van der Waals surface area contributed by atoms with E-state index in [0.29, 0.717) is 25.9 Å². The maximum absolute atomic E-state index is 11.5. The lowest BCUT2D eigenvalue weighted by molar-refractivity contribution is -0.122. The van der Waals surface area contributed by atoms with E-state index in [2.05, 4.69) is 5.32 Å². The van der Waals surface area contributed by atoms with Gasteiger partial charge >= 0.3 is 0 Å². The lowest BCUT2D eigenvalue weighted by atomic mass is 10.1. The van der Waals surface area contributed by atoms with Crippen molar-refractivity contribution in [1.82, 2.24) is 5.32 Å². The summed E-state index contributed by atoms with van der Waals surface area (Å²) >= 11 is 0. The van der Waals surface area contributed by atoms with Gasteiger partial charge in [-0.1, -0.05) is 12.8 Å². The molecule has 0 unspecified atom stereocenters. The Hall–Kier alpha value is -0.940. The van der Waals surface area contributed by atoms with Gasteiger partial charge in [0.25, 0.3) is 0 Å². The molecule has 0 aromatic carbocycles. The minimum absolute atomic E-state index is 0.0935. The van der Waals surface area contributed by atoms with Crippen LogP contribution in [0.15, 0.2) is 0 Å². The normalized spacial score (nSPS) is 12.1. The number of amides is 1. The van der Waals surface area contributed by atoms with Crippen LogP contribution in [0.2, 0.25) is 0 Å². The van der Waals surface area contributed by atoms with Gasteiger partial charge < -0.3 is 16.8 Å². The molecule has 0 aromatic rings. The van der Waals surface area contributed by atoms with Crippen LogP contribution in [-0.2, 0) is 9.59 Å². The minimum Gasteiger partial charge on any atom is -0.355 e. The summed E-state index contributed by atoms with van der Waals surface area (Å²) in [5.74, 6) is -0.0935. The first-order chi connectivity index (χ1) is 8.22. The van der Waals surface area contributed by atoms with Crippen molar-refractivity contribution in [3.05, 3.63) is 0 Å². The molecule has 99 valence electrons. The molecular weight excluding hydrogens is 218 g/mol. The van der Waals surface area contributed by atoms with Crippen molar-refractivity contribution in [2.45, 2.75) is 51.0 Å². The van der Waals surface area contributed by atoms with E-state index < -0.39 is 6.04 Å². The molecule has 1 radical (unpaired) electrons. The molecule has 1 amide bonds. The highest BCUT2D eigenvalue weighted by Crippen LogP contribution is 1.99. The van der Waals surface area contributed by atoms with Crippen LogP contribution in [0.5, 0.6) is 0 Å². The average Bonchev–Trinajstić information content (AvgIpc) is 2.33. The Balaban J connectivity index is 3.40. The maximum Gasteiger partial charge on any atom is 0.236 e. The van der Waals surface area contributed by atoms with Crippen LogP contribution >= 0.6 is 0 Å². The molecule has 0 saturated carbocycles. The fourth-order valence-corrected chi connectivity index (χ4v) is 1.48. The summed E-state index contributed by atoms with van der Waals surface area (Å²) in [6, 6.07) is -0.426. The molecule has 5 nitrogen and oxygen atoms in total. The summed E-state index contributed by atoms with van der Waals surface area (Å²) in [6.07, 6.45) is 7.45. The number of nitrogens with one attached hydrogen (secondary N) is 1. The van der Waals surface area contributed by atoms with Gasteiger partial charge in [-0.05, 0) is 32.2 Å². The summed E-state index contributed by atoms with van der Waals surface area (Å²) in [5.41, 5.74) is 11.1. The third kappa shape index (κ3) is 9.96. The zero-order valence-electron chi connectivity index (χ0n) is 10.4. The molecule has 5 N–H and O–H groups in total. The summed E-state index contributed by atoms with van der Waals surface area (Å²) in [4.78, 5) is 21.4. The Kier molecular flexibility index (Phi) is 10.9. The van der Waals surface area contributed by atoms with Crippen LogP contribution < -0.4 is 16.8 Å². The zero-order chi connectivity index (χ0) is 12.9. The van der Waals surface area contributed by atoms with Gasteiger partial charge in [-0.2, -0.15) is 0 Å². The number of nitrogens with two attached hydrogens (primary N) is 2. The van der Waals surface area contributed by atoms with E-state index in [1.807, 2.05) is 6.29 Å². The number of rotatable bonds is 11. The van der Waals surface area contributed by atoms with Crippen LogP contribution in [0.3, 0.4) is 0 Å². The van der Waals surface area contributed by atoms with Crippen molar-refractivity contribution in [3.63, 3.8) is 0 Å². The van der Waals surface area contributed by atoms with Crippen molar-refractivity contribution >= 4 is 12.2 Å². The SMILES string of the molecule is NCCCC[C@H](N)C(=O)NCCCCC[C]=O. The number of carbonyl (C=O) groups is 1. The Bertz CT molecular complexity index is 210. The molecule has 0 saturated heterocycles. The van der Waals surface area contributed by atoms with Gasteiger partial charge in [-0.15, -0.1) is 0 Å². The lowest BCUT2D eigenvalue weighted by Crippen LogP contribution is -2.40. The minimum atomic E-state index is -0.426.